The number of esters is 2. The van der Waals surface area contributed by atoms with Crippen LogP contribution in [0, 0.1) is 0 Å². The number of hydrogen-bond acceptors (Lipinski definition) is 12. The number of carboxylic acids is 1. The maximum Gasteiger partial charge on any atom is 0.335 e. The largest absolute Gasteiger partial charge is 0.504 e. The molecule has 0 amide bonds. The summed E-state index contributed by atoms with van der Waals surface area (Å²) in [6.07, 6.45) is -1.47. The van der Waals surface area contributed by atoms with Crippen molar-refractivity contribution in [3.05, 3.63) is 53.6 Å². The fourth-order valence-corrected chi connectivity index (χ4v) is 4.14. The smallest absolute Gasteiger partial charge is 0.335 e. The quantitative estimate of drug-likeness (QED) is 0.203. The van der Waals surface area contributed by atoms with Gasteiger partial charge >= 0.3 is 17.9 Å². The third-order valence-corrected chi connectivity index (χ3v) is 6.30. The van der Waals surface area contributed by atoms with Crippen LogP contribution < -0.4 is 14.2 Å². The molecule has 1 aliphatic rings. The monoisotopic (exact) mass is 574 g/mol. The van der Waals surface area contributed by atoms with Gasteiger partial charge in [-0.25, -0.2) is 14.4 Å². The third kappa shape index (κ3) is 7.47. The number of carboxylic acid groups (broad SMARTS) is 1. The van der Waals surface area contributed by atoms with Crippen molar-refractivity contribution in [1.82, 2.24) is 0 Å². The Balaban J connectivity index is 1.74. The molecule has 0 bridgehead atoms. The van der Waals surface area contributed by atoms with E-state index in [-0.39, 0.29) is 28.7 Å². The SMILES string of the molecule is COc1cc(/C=C/C(=O)O[C@@H]2C[C@@](O)(C(=O)O)C[C@@H](OC(=O)/C=C/c3cc(OC)c(O)c(OC)c3)[C@@H]2O)ccc1O. The Morgan fingerprint density at radius 2 is 1.27 bits per heavy atom. The number of ether oxygens (including phenoxy) is 5. The van der Waals surface area contributed by atoms with E-state index < -0.39 is 54.7 Å². The number of aliphatic carboxylic acids is 1. The number of aromatic hydroxyl groups is 2. The van der Waals surface area contributed by atoms with Crippen LogP contribution in [0.15, 0.2) is 42.5 Å². The zero-order chi connectivity index (χ0) is 30.3. The van der Waals surface area contributed by atoms with E-state index in [0.29, 0.717) is 11.1 Å². The number of rotatable bonds is 10. The third-order valence-electron chi connectivity index (χ3n) is 6.30. The minimum absolute atomic E-state index is 0.0786. The van der Waals surface area contributed by atoms with E-state index in [9.17, 15) is 39.9 Å². The van der Waals surface area contributed by atoms with Crippen LogP contribution in [-0.4, -0.2) is 88.7 Å². The second-order valence-electron chi connectivity index (χ2n) is 9.06. The lowest BCUT2D eigenvalue weighted by Gasteiger charge is -2.40. The molecule has 0 spiro atoms. The molecule has 4 atom stereocenters. The van der Waals surface area contributed by atoms with Gasteiger partial charge in [-0.2, -0.15) is 0 Å². The molecular weight excluding hydrogens is 544 g/mol. The van der Waals surface area contributed by atoms with Crippen LogP contribution >= 0.6 is 0 Å². The minimum Gasteiger partial charge on any atom is -0.504 e. The molecule has 5 N–H and O–H groups in total. The number of hydrogen-bond donors (Lipinski definition) is 5. The van der Waals surface area contributed by atoms with Gasteiger partial charge in [0, 0.05) is 25.0 Å². The van der Waals surface area contributed by atoms with Crippen molar-refractivity contribution in [1.29, 1.82) is 0 Å². The molecular formula is C28H30O13. The van der Waals surface area contributed by atoms with Crippen LogP contribution in [0.25, 0.3) is 12.2 Å². The Labute approximate surface area is 234 Å². The van der Waals surface area contributed by atoms with Crippen LogP contribution in [0.3, 0.4) is 0 Å². The van der Waals surface area contributed by atoms with Crippen LogP contribution in [-0.2, 0) is 23.9 Å². The van der Waals surface area contributed by atoms with E-state index in [2.05, 4.69) is 0 Å². The predicted octanol–water partition coefficient (Wildman–Crippen LogP) is 1.64. The second kappa shape index (κ2) is 13.1. The highest BCUT2D eigenvalue weighted by Crippen LogP contribution is 2.38. The average Bonchev–Trinajstić information content (AvgIpc) is 2.94. The predicted molar refractivity (Wildman–Crippen MR) is 142 cm³/mol. The van der Waals surface area contributed by atoms with Crippen molar-refractivity contribution >= 4 is 30.1 Å². The van der Waals surface area contributed by atoms with Crippen molar-refractivity contribution in [2.45, 2.75) is 36.8 Å². The van der Waals surface area contributed by atoms with Crippen molar-refractivity contribution in [3.63, 3.8) is 0 Å². The molecule has 0 aliphatic heterocycles. The summed E-state index contributed by atoms with van der Waals surface area (Å²) in [7, 11) is 4.01. The summed E-state index contributed by atoms with van der Waals surface area (Å²) >= 11 is 0. The van der Waals surface area contributed by atoms with E-state index >= 15 is 0 Å². The topological polar surface area (TPSA) is 199 Å². The summed E-state index contributed by atoms with van der Waals surface area (Å²) in [6.45, 7) is 0. The molecule has 1 fully saturated rings. The number of phenols is 2. The number of carbonyl (C=O) groups excluding carboxylic acids is 2. The van der Waals surface area contributed by atoms with Crippen LogP contribution in [0.5, 0.6) is 28.7 Å². The molecule has 220 valence electrons. The van der Waals surface area contributed by atoms with Crippen molar-refractivity contribution in [3.8, 4) is 28.7 Å². The first-order valence-electron chi connectivity index (χ1n) is 12.1. The summed E-state index contributed by atoms with van der Waals surface area (Å²) in [5, 5.41) is 50.7. The fraction of sp³-hybridized carbons (Fsp3) is 0.321. The van der Waals surface area contributed by atoms with Gasteiger partial charge in [-0.3, -0.25) is 0 Å². The van der Waals surface area contributed by atoms with Crippen LogP contribution in [0.1, 0.15) is 24.0 Å². The van der Waals surface area contributed by atoms with Gasteiger partial charge in [0.15, 0.2) is 28.6 Å². The minimum atomic E-state index is -2.47. The maximum absolute atomic E-state index is 12.5. The van der Waals surface area contributed by atoms with E-state index in [1.54, 1.807) is 0 Å². The first kappa shape index (κ1) is 30.8. The van der Waals surface area contributed by atoms with Crippen LogP contribution in [0.2, 0.25) is 0 Å². The summed E-state index contributed by atoms with van der Waals surface area (Å²) in [5.41, 5.74) is -1.63. The second-order valence-corrected chi connectivity index (χ2v) is 9.06. The van der Waals surface area contributed by atoms with Gasteiger partial charge in [0.2, 0.25) is 5.75 Å². The summed E-state index contributed by atoms with van der Waals surface area (Å²) in [6, 6.07) is 7.12. The summed E-state index contributed by atoms with van der Waals surface area (Å²) in [5.74, 6) is -3.66. The number of aliphatic hydroxyl groups excluding tert-OH is 1. The van der Waals surface area contributed by atoms with Gasteiger partial charge in [-0.15, -0.1) is 0 Å². The number of aliphatic hydroxyl groups is 2. The van der Waals surface area contributed by atoms with E-state index in [1.165, 1.54) is 63.8 Å². The highest BCUT2D eigenvalue weighted by molar-refractivity contribution is 5.88. The number of benzene rings is 2. The molecule has 0 heterocycles. The molecule has 0 saturated heterocycles. The van der Waals surface area contributed by atoms with Gasteiger partial charge in [0.1, 0.15) is 18.3 Å². The molecule has 2 aromatic rings. The first-order valence-corrected chi connectivity index (χ1v) is 12.1. The summed E-state index contributed by atoms with van der Waals surface area (Å²) < 4.78 is 25.6. The zero-order valence-corrected chi connectivity index (χ0v) is 22.3. The van der Waals surface area contributed by atoms with Crippen molar-refractivity contribution < 1.29 is 63.6 Å². The lowest BCUT2D eigenvalue weighted by atomic mass is 9.79. The van der Waals surface area contributed by atoms with Gasteiger partial charge < -0.3 is 49.2 Å². The van der Waals surface area contributed by atoms with E-state index in [0.717, 1.165) is 12.2 Å². The average molecular weight is 575 g/mol. The molecule has 41 heavy (non-hydrogen) atoms. The molecule has 2 aromatic carbocycles. The molecule has 1 saturated carbocycles. The van der Waals surface area contributed by atoms with Gasteiger partial charge in [0.05, 0.1) is 21.3 Å². The zero-order valence-electron chi connectivity index (χ0n) is 22.3. The van der Waals surface area contributed by atoms with Gasteiger partial charge in [-0.1, -0.05) is 6.07 Å². The number of phenolic OH excluding ortho intramolecular Hbond substituents is 2. The Kier molecular flexibility index (Phi) is 9.81. The van der Waals surface area contributed by atoms with Crippen molar-refractivity contribution in [2.75, 3.05) is 21.3 Å². The van der Waals surface area contributed by atoms with Gasteiger partial charge in [-0.05, 0) is 47.5 Å². The Morgan fingerprint density at radius 3 is 1.73 bits per heavy atom. The molecule has 0 unspecified atom stereocenters. The highest BCUT2D eigenvalue weighted by Gasteiger charge is 2.52. The molecule has 13 nitrogen and oxygen atoms in total. The Hall–Kier alpha value is -4.75. The normalized spacial score (nSPS) is 22.3. The highest BCUT2D eigenvalue weighted by atomic mass is 16.6. The van der Waals surface area contributed by atoms with E-state index in [1.807, 2.05) is 0 Å². The standard InChI is InChI=1S/C28H30O13/c1-37-18-10-15(4-7-17(18)29)5-8-23(30)40-21-13-28(36,27(34)35)14-22(26(21)33)41-24(31)9-6-16-11-19(38-2)25(32)20(12-16)39-3/h4-12,21-22,26,29,32-33,36H,13-14H2,1-3H3,(H,34,35)/b8-5+,9-6+/t21-,22-,26-,28+/m1/s1. The molecule has 0 radical (unpaired) electrons. The lowest BCUT2D eigenvalue weighted by molar-refractivity contribution is -0.203. The molecule has 3 rings (SSSR count). The summed E-state index contributed by atoms with van der Waals surface area (Å²) in [4.78, 5) is 36.8. The number of carbonyl (C=O) groups is 3. The lowest BCUT2D eigenvalue weighted by Crippen LogP contribution is -2.58. The Bertz CT molecular complexity index is 1320. The molecule has 13 heteroatoms. The number of methoxy groups -OCH3 is 3. The van der Waals surface area contributed by atoms with Crippen molar-refractivity contribution in [2.24, 2.45) is 0 Å². The maximum atomic E-state index is 12.5. The fourth-order valence-electron chi connectivity index (χ4n) is 4.14. The van der Waals surface area contributed by atoms with Crippen LogP contribution in [0.4, 0.5) is 0 Å². The first-order chi connectivity index (χ1) is 19.4. The van der Waals surface area contributed by atoms with Gasteiger partial charge in [0.25, 0.3) is 0 Å². The molecule has 0 aromatic heterocycles. The van der Waals surface area contributed by atoms with E-state index in [4.69, 9.17) is 23.7 Å². The molecule has 1 aliphatic carbocycles. The Morgan fingerprint density at radius 1 is 0.805 bits per heavy atom.